The molecule has 0 saturated heterocycles. The first-order chi connectivity index (χ1) is 8.54. The molecule has 0 aromatic heterocycles. The van der Waals surface area contributed by atoms with Crippen molar-refractivity contribution < 1.29 is 9.47 Å². The molecule has 0 heterocycles. The summed E-state index contributed by atoms with van der Waals surface area (Å²) in [4.78, 5) is 0. The maximum Gasteiger partial charge on any atom is 0.161 e. The quantitative estimate of drug-likeness (QED) is 0.444. The van der Waals surface area contributed by atoms with Gasteiger partial charge in [0.1, 0.15) is 5.84 Å². The molecule has 0 aliphatic rings. The van der Waals surface area contributed by atoms with E-state index >= 15 is 0 Å². The van der Waals surface area contributed by atoms with Gasteiger partial charge in [0.25, 0.3) is 0 Å². The van der Waals surface area contributed by atoms with Gasteiger partial charge in [-0.15, -0.1) is 0 Å². The van der Waals surface area contributed by atoms with Crippen molar-refractivity contribution in [2.75, 3.05) is 13.7 Å². The summed E-state index contributed by atoms with van der Waals surface area (Å²) in [6.07, 6.45) is 2.17. The normalized spacial score (nSPS) is 10.4. The molecule has 18 heavy (non-hydrogen) atoms. The lowest BCUT2D eigenvalue weighted by molar-refractivity contribution is 0.279. The molecule has 0 fully saturated rings. The Morgan fingerprint density at radius 3 is 2.61 bits per heavy atom. The summed E-state index contributed by atoms with van der Waals surface area (Å²) in [6.45, 7) is 5.07. The molecule has 0 saturated carbocycles. The van der Waals surface area contributed by atoms with Crippen molar-refractivity contribution in [3.8, 4) is 11.5 Å². The Kier molecular flexibility index (Phi) is 5.49. The van der Waals surface area contributed by atoms with Crippen molar-refractivity contribution in [3.63, 3.8) is 0 Å². The Morgan fingerprint density at radius 2 is 2.06 bits per heavy atom. The highest BCUT2D eigenvalue weighted by Gasteiger charge is 2.07. The summed E-state index contributed by atoms with van der Waals surface area (Å²) < 4.78 is 10.9. The first-order valence-electron chi connectivity index (χ1n) is 6.19. The smallest absolute Gasteiger partial charge is 0.161 e. The maximum atomic E-state index is 7.37. The highest BCUT2D eigenvalue weighted by molar-refractivity contribution is 5.95. The first kappa shape index (κ1) is 14.4. The zero-order chi connectivity index (χ0) is 13.5. The predicted octanol–water partition coefficient (Wildman–Crippen LogP) is 2.79. The average Bonchev–Trinajstić information content (AvgIpc) is 2.34. The van der Waals surface area contributed by atoms with E-state index in [0.29, 0.717) is 29.6 Å². The molecular formula is C14H22N2O2. The van der Waals surface area contributed by atoms with Crippen LogP contribution in [0.2, 0.25) is 0 Å². The van der Waals surface area contributed by atoms with E-state index in [2.05, 4.69) is 13.8 Å². The Hall–Kier alpha value is -1.71. The zero-order valence-electron chi connectivity index (χ0n) is 11.3. The molecule has 0 amide bonds. The van der Waals surface area contributed by atoms with Gasteiger partial charge >= 0.3 is 0 Å². The van der Waals surface area contributed by atoms with Crippen molar-refractivity contribution in [1.29, 1.82) is 5.41 Å². The second-order valence-corrected chi connectivity index (χ2v) is 4.66. The Labute approximate surface area is 109 Å². The van der Waals surface area contributed by atoms with Crippen molar-refractivity contribution in [1.82, 2.24) is 0 Å². The van der Waals surface area contributed by atoms with Gasteiger partial charge in [-0.05, 0) is 37.0 Å². The monoisotopic (exact) mass is 250 g/mol. The average molecular weight is 250 g/mol. The number of nitrogen functional groups attached to an aromatic ring is 1. The van der Waals surface area contributed by atoms with Gasteiger partial charge in [0.05, 0.1) is 13.7 Å². The number of methoxy groups -OCH3 is 1. The van der Waals surface area contributed by atoms with Gasteiger partial charge in [0.15, 0.2) is 11.5 Å². The van der Waals surface area contributed by atoms with Crippen LogP contribution in [0.4, 0.5) is 0 Å². The number of hydrogen-bond donors (Lipinski definition) is 2. The van der Waals surface area contributed by atoms with Gasteiger partial charge in [0.2, 0.25) is 0 Å². The minimum Gasteiger partial charge on any atom is -0.493 e. The molecule has 0 radical (unpaired) electrons. The molecule has 0 aliphatic heterocycles. The van der Waals surface area contributed by atoms with Crippen molar-refractivity contribution in [2.45, 2.75) is 26.7 Å². The molecule has 0 bridgehead atoms. The van der Waals surface area contributed by atoms with Crippen LogP contribution >= 0.6 is 0 Å². The highest BCUT2D eigenvalue weighted by Crippen LogP contribution is 2.28. The lowest BCUT2D eigenvalue weighted by Gasteiger charge is -2.12. The third-order valence-corrected chi connectivity index (χ3v) is 2.66. The minimum absolute atomic E-state index is 0.0275. The number of nitrogens with one attached hydrogen (secondary N) is 1. The summed E-state index contributed by atoms with van der Waals surface area (Å²) in [5.41, 5.74) is 6.07. The van der Waals surface area contributed by atoms with Crippen molar-refractivity contribution in [3.05, 3.63) is 23.8 Å². The molecule has 4 nitrogen and oxygen atoms in total. The Morgan fingerprint density at radius 1 is 1.33 bits per heavy atom. The number of nitrogens with two attached hydrogens (primary N) is 1. The lowest BCUT2D eigenvalue weighted by Crippen LogP contribution is -2.11. The van der Waals surface area contributed by atoms with E-state index in [4.69, 9.17) is 20.6 Å². The number of amidine groups is 1. The third kappa shape index (κ3) is 4.28. The molecule has 0 spiro atoms. The molecule has 1 rings (SSSR count). The third-order valence-electron chi connectivity index (χ3n) is 2.66. The van der Waals surface area contributed by atoms with E-state index in [1.165, 1.54) is 0 Å². The van der Waals surface area contributed by atoms with Gasteiger partial charge in [-0.3, -0.25) is 5.41 Å². The molecule has 0 atom stereocenters. The van der Waals surface area contributed by atoms with Gasteiger partial charge in [0, 0.05) is 5.56 Å². The maximum absolute atomic E-state index is 7.37. The SMILES string of the molecule is COc1cc(C(=N)N)ccc1OCCCC(C)C. The Balaban J connectivity index is 2.62. The number of ether oxygens (including phenoxy) is 2. The fourth-order valence-corrected chi connectivity index (χ4v) is 1.63. The van der Waals surface area contributed by atoms with Gasteiger partial charge in [-0.1, -0.05) is 13.8 Å². The van der Waals surface area contributed by atoms with Crippen molar-refractivity contribution >= 4 is 5.84 Å². The van der Waals surface area contributed by atoms with E-state index in [-0.39, 0.29) is 5.84 Å². The number of benzene rings is 1. The van der Waals surface area contributed by atoms with Crippen LogP contribution < -0.4 is 15.2 Å². The van der Waals surface area contributed by atoms with Crippen LogP contribution in [0.5, 0.6) is 11.5 Å². The Bertz CT molecular complexity index is 403. The predicted molar refractivity (Wildman–Crippen MR) is 73.6 cm³/mol. The first-order valence-corrected chi connectivity index (χ1v) is 6.19. The van der Waals surface area contributed by atoms with E-state index in [9.17, 15) is 0 Å². The summed E-state index contributed by atoms with van der Waals surface area (Å²) in [7, 11) is 1.58. The molecule has 0 aliphatic carbocycles. The van der Waals surface area contributed by atoms with Gasteiger partial charge in [-0.25, -0.2) is 0 Å². The molecular weight excluding hydrogens is 228 g/mol. The van der Waals surface area contributed by atoms with Crippen LogP contribution in [0.3, 0.4) is 0 Å². The van der Waals surface area contributed by atoms with Crippen LogP contribution in [0.1, 0.15) is 32.3 Å². The van der Waals surface area contributed by atoms with E-state index in [0.717, 1.165) is 12.8 Å². The minimum atomic E-state index is 0.0275. The molecule has 4 heteroatoms. The van der Waals surface area contributed by atoms with E-state index in [1.807, 2.05) is 0 Å². The molecule has 0 unspecified atom stereocenters. The summed E-state index contributed by atoms with van der Waals surface area (Å²) in [5, 5.41) is 7.37. The second-order valence-electron chi connectivity index (χ2n) is 4.66. The summed E-state index contributed by atoms with van der Waals surface area (Å²) >= 11 is 0. The number of rotatable bonds is 7. The van der Waals surface area contributed by atoms with Crippen LogP contribution in [0.25, 0.3) is 0 Å². The van der Waals surface area contributed by atoms with E-state index in [1.54, 1.807) is 25.3 Å². The largest absolute Gasteiger partial charge is 0.493 e. The molecule has 3 N–H and O–H groups in total. The zero-order valence-corrected chi connectivity index (χ0v) is 11.3. The second kappa shape index (κ2) is 6.89. The van der Waals surface area contributed by atoms with Gasteiger partial charge in [-0.2, -0.15) is 0 Å². The molecule has 100 valence electrons. The van der Waals surface area contributed by atoms with Crippen LogP contribution in [0.15, 0.2) is 18.2 Å². The fraction of sp³-hybridized carbons (Fsp3) is 0.500. The van der Waals surface area contributed by atoms with Crippen LogP contribution in [-0.4, -0.2) is 19.6 Å². The summed E-state index contributed by atoms with van der Waals surface area (Å²) in [5.74, 6) is 2.04. The fourth-order valence-electron chi connectivity index (χ4n) is 1.63. The van der Waals surface area contributed by atoms with Crippen LogP contribution in [0, 0.1) is 11.3 Å². The van der Waals surface area contributed by atoms with Gasteiger partial charge < -0.3 is 15.2 Å². The molecule has 1 aromatic carbocycles. The topological polar surface area (TPSA) is 68.3 Å². The standard InChI is InChI=1S/C14H22N2O2/c1-10(2)5-4-8-18-12-7-6-11(14(15)16)9-13(12)17-3/h6-7,9-10H,4-5,8H2,1-3H3,(H3,15,16). The van der Waals surface area contributed by atoms with Crippen LogP contribution in [-0.2, 0) is 0 Å². The number of hydrogen-bond acceptors (Lipinski definition) is 3. The van der Waals surface area contributed by atoms with Crippen molar-refractivity contribution in [2.24, 2.45) is 11.7 Å². The lowest BCUT2D eigenvalue weighted by atomic mass is 10.1. The molecule has 1 aromatic rings. The highest BCUT2D eigenvalue weighted by atomic mass is 16.5. The van der Waals surface area contributed by atoms with E-state index < -0.39 is 0 Å². The summed E-state index contributed by atoms with van der Waals surface area (Å²) in [6, 6.07) is 5.29.